The van der Waals surface area contributed by atoms with E-state index in [1.165, 1.54) is 18.4 Å². The largest absolute Gasteiger partial charge is 0.373 e. The smallest absolute Gasteiger partial charge is 0.0865 e. The van der Waals surface area contributed by atoms with Crippen molar-refractivity contribution in [3.8, 4) is 0 Å². The molecule has 3 heteroatoms. The Kier molecular flexibility index (Phi) is 5.01. The van der Waals surface area contributed by atoms with E-state index in [1.54, 1.807) is 0 Å². The molecule has 1 aromatic rings. The Balaban J connectivity index is 2.07. The number of hydrogen-bond acceptors (Lipinski definition) is 2. The summed E-state index contributed by atoms with van der Waals surface area (Å²) in [6.45, 7) is 5.13. The van der Waals surface area contributed by atoms with Crippen LogP contribution in [0, 0.1) is 5.92 Å². The summed E-state index contributed by atoms with van der Waals surface area (Å²) >= 11 is 3.47. The summed E-state index contributed by atoms with van der Waals surface area (Å²) in [5.74, 6) is 0.602. The van der Waals surface area contributed by atoms with Crippen molar-refractivity contribution >= 4 is 15.9 Å². The van der Waals surface area contributed by atoms with Gasteiger partial charge in [-0.2, -0.15) is 0 Å². The van der Waals surface area contributed by atoms with Crippen LogP contribution in [-0.2, 0) is 4.74 Å². The predicted molar refractivity (Wildman–Crippen MR) is 74.1 cm³/mol. The fourth-order valence-corrected chi connectivity index (χ4v) is 2.67. The monoisotopic (exact) mass is 297 g/mol. The maximum Gasteiger partial charge on any atom is 0.0865 e. The maximum absolute atomic E-state index is 5.96. The third kappa shape index (κ3) is 3.54. The number of benzene rings is 1. The SMILES string of the molecule is CCNCC1CCCOC1c1ccc(Br)cc1. The standard InChI is InChI=1S/C14H20BrNO/c1-2-16-10-12-4-3-9-17-14(12)11-5-7-13(15)8-6-11/h5-8,12,14,16H,2-4,9-10H2,1H3. The highest BCUT2D eigenvalue weighted by Gasteiger charge is 2.26. The molecular formula is C14H20BrNO. The van der Waals surface area contributed by atoms with Crippen LogP contribution >= 0.6 is 15.9 Å². The molecule has 1 aromatic carbocycles. The third-order valence-electron chi connectivity index (χ3n) is 3.30. The molecule has 0 aromatic heterocycles. The van der Waals surface area contributed by atoms with Gasteiger partial charge in [0.2, 0.25) is 0 Å². The molecule has 1 aliphatic heterocycles. The van der Waals surface area contributed by atoms with E-state index >= 15 is 0 Å². The van der Waals surface area contributed by atoms with Gasteiger partial charge in [0.15, 0.2) is 0 Å². The molecule has 0 spiro atoms. The zero-order chi connectivity index (χ0) is 12.1. The summed E-state index contributed by atoms with van der Waals surface area (Å²) in [6.07, 6.45) is 2.70. The van der Waals surface area contributed by atoms with E-state index in [-0.39, 0.29) is 6.10 Å². The molecule has 2 rings (SSSR count). The Morgan fingerprint density at radius 3 is 2.82 bits per heavy atom. The molecule has 0 amide bonds. The van der Waals surface area contributed by atoms with E-state index in [0.717, 1.165) is 24.2 Å². The molecule has 17 heavy (non-hydrogen) atoms. The van der Waals surface area contributed by atoms with Crippen molar-refractivity contribution in [3.63, 3.8) is 0 Å². The van der Waals surface area contributed by atoms with Gasteiger partial charge in [0.05, 0.1) is 6.10 Å². The number of rotatable bonds is 4. The van der Waals surface area contributed by atoms with Gasteiger partial charge in [-0.1, -0.05) is 35.0 Å². The van der Waals surface area contributed by atoms with Gasteiger partial charge in [-0.15, -0.1) is 0 Å². The molecule has 1 fully saturated rings. The number of nitrogens with one attached hydrogen (secondary N) is 1. The summed E-state index contributed by atoms with van der Waals surface area (Å²) in [5, 5.41) is 3.44. The number of halogens is 1. The highest BCUT2D eigenvalue weighted by molar-refractivity contribution is 9.10. The second-order valence-electron chi connectivity index (χ2n) is 4.55. The molecule has 0 bridgehead atoms. The number of ether oxygens (including phenoxy) is 1. The molecule has 0 radical (unpaired) electrons. The fraction of sp³-hybridized carbons (Fsp3) is 0.571. The van der Waals surface area contributed by atoms with Crippen LogP contribution in [0.1, 0.15) is 31.4 Å². The lowest BCUT2D eigenvalue weighted by atomic mass is 9.89. The molecule has 0 aliphatic carbocycles. The van der Waals surface area contributed by atoms with Crippen LogP contribution in [0.25, 0.3) is 0 Å². The third-order valence-corrected chi connectivity index (χ3v) is 3.83. The van der Waals surface area contributed by atoms with Gasteiger partial charge in [-0.3, -0.25) is 0 Å². The van der Waals surface area contributed by atoms with E-state index in [4.69, 9.17) is 4.74 Å². The van der Waals surface area contributed by atoms with E-state index < -0.39 is 0 Å². The summed E-state index contributed by atoms with van der Waals surface area (Å²) in [6, 6.07) is 8.52. The second kappa shape index (κ2) is 6.53. The minimum Gasteiger partial charge on any atom is -0.373 e. The van der Waals surface area contributed by atoms with Gasteiger partial charge < -0.3 is 10.1 Å². The lowest BCUT2D eigenvalue weighted by molar-refractivity contribution is -0.0276. The van der Waals surface area contributed by atoms with E-state index in [2.05, 4.69) is 52.4 Å². The van der Waals surface area contributed by atoms with Crippen LogP contribution < -0.4 is 5.32 Å². The van der Waals surface area contributed by atoms with Gasteiger partial charge in [0.25, 0.3) is 0 Å². The summed E-state index contributed by atoms with van der Waals surface area (Å²) in [4.78, 5) is 0. The first-order valence-electron chi connectivity index (χ1n) is 6.39. The fourth-order valence-electron chi connectivity index (χ4n) is 2.40. The van der Waals surface area contributed by atoms with Gasteiger partial charge >= 0.3 is 0 Å². The van der Waals surface area contributed by atoms with Crippen molar-refractivity contribution in [3.05, 3.63) is 34.3 Å². The predicted octanol–water partition coefficient (Wildman–Crippen LogP) is 3.53. The van der Waals surface area contributed by atoms with Gasteiger partial charge in [0.1, 0.15) is 0 Å². The molecule has 2 atom stereocenters. The number of hydrogen-bond donors (Lipinski definition) is 1. The lowest BCUT2D eigenvalue weighted by Gasteiger charge is -2.32. The van der Waals surface area contributed by atoms with Crippen molar-refractivity contribution in [1.29, 1.82) is 0 Å². The first-order chi connectivity index (χ1) is 8.31. The van der Waals surface area contributed by atoms with Gasteiger partial charge in [-0.05, 0) is 37.1 Å². The van der Waals surface area contributed by atoms with Crippen LogP contribution in [0.3, 0.4) is 0 Å². The minimum absolute atomic E-state index is 0.260. The molecule has 1 saturated heterocycles. The minimum atomic E-state index is 0.260. The Morgan fingerprint density at radius 2 is 2.12 bits per heavy atom. The van der Waals surface area contributed by atoms with E-state index in [9.17, 15) is 0 Å². The molecular weight excluding hydrogens is 278 g/mol. The Labute approximate surface area is 112 Å². The van der Waals surface area contributed by atoms with Crippen LogP contribution in [-0.4, -0.2) is 19.7 Å². The molecule has 1 aliphatic rings. The van der Waals surface area contributed by atoms with Crippen LogP contribution in [0.5, 0.6) is 0 Å². The molecule has 2 unspecified atom stereocenters. The van der Waals surface area contributed by atoms with Crippen LogP contribution in [0.15, 0.2) is 28.7 Å². The normalized spacial score (nSPS) is 24.8. The summed E-state index contributed by atoms with van der Waals surface area (Å²) in [7, 11) is 0. The quantitative estimate of drug-likeness (QED) is 0.918. The maximum atomic E-state index is 5.96. The van der Waals surface area contributed by atoms with E-state index in [0.29, 0.717) is 5.92 Å². The van der Waals surface area contributed by atoms with Crippen molar-refractivity contribution in [2.24, 2.45) is 5.92 Å². The Bertz CT molecular complexity index is 339. The summed E-state index contributed by atoms with van der Waals surface area (Å²) < 4.78 is 7.08. The van der Waals surface area contributed by atoms with E-state index in [1.807, 2.05) is 0 Å². The summed E-state index contributed by atoms with van der Waals surface area (Å²) in [5.41, 5.74) is 1.30. The molecule has 1 heterocycles. The molecule has 0 saturated carbocycles. The van der Waals surface area contributed by atoms with Gasteiger partial charge in [-0.25, -0.2) is 0 Å². The Morgan fingerprint density at radius 1 is 1.35 bits per heavy atom. The highest BCUT2D eigenvalue weighted by Crippen LogP contribution is 2.33. The molecule has 1 N–H and O–H groups in total. The van der Waals surface area contributed by atoms with Crippen molar-refractivity contribution in [2.75, 3.05) is 19.7 Å². The van der Waals surface area contributed by atoms with Gasteiger partial charge in [0, 0.05) is 23.5 Å². The second-order valence-corrected chi connectivity index (χ2v) is 5.47. The average Bonchev–Trinajstić information content (AvgIpc) is 2.38. The highest BCUT2D eigenvalue weighted by atomic mass is 79.9. The van der Waals surface area contributed by atoms with Crippen molar-refractivity contribution in [1.82, 2.24) is 5.32 Å². The molecule has 2 nitrogen and oxygen atoms in total. The van der Waals surface area contributed by atoms with Crippen molar-refractivity contribution in [2.45, 2.75) is 25.9 Å². The van der Waals surface area contributed by atoms with Crippen molar-refractivity contribution < 1.29 is 4.74 Å². The zero-order valence-corrected chi connectivity index (χ0v) is 11.9. The lowest BCUT2D eigenvalue weighted by Crippen LogP contribution is -2.31. The zero-order valence-electron chi connectivity index (χ0n) is 10.3. The topological polar surface area (TPSA) is 21.3 Å². The Hall–Kier alpha value is -0.380. The first-order valence-corrected chi connectivity index (χ1v) is 7.18. The van der Waals surface area contributed by atoms with Crippen LogP contribution in [0.2, 0.25) is 0 Å². The van der Waals surface area contributed by atoms with Crippen LogP contribution in [0.4, 0.5) is 0 Å². The first kappa shape index (κ1) is 13.1. The molecule has 94 valence electrons. The average molecular weight is 298 g/mol.